The van der Waals surface area contributed by atoms with Gasteiger partial charge in [-0.25, -0.2) is 0 Å². The van der Waals surface area contributed by atoms with E-state index in [0.717, 1.165) is 48.7 Å². The molecule has 0 spiro atoms. The van der Waals surface area contributed by atoms with Gasteiger partial charge >= 0.3 is 0 Å². The second-order valence-electron chi connectivity index (χ2n) is 13.5. The second kappa shape index (κ2) is 13.2. The fourth-order valence-electron chi connectivity index (χ4n) is 7.63. The Balaban J connectivity index is 1.17. The van der Waals surface area contributed by atoms with Crippen LogP contribution in [0.25, 0.3) is 87.6 Å². The SMILES string of the molecule is [2H]c1c([2H])c([2H])c(-c2c([2H])c([2H])c(N(c3cccc(-c4cccc5oc6c7ccccc7ccc6c45)c3)c3c([2H])c([2H])c(-c4ccc5c(ccc6ccccc65)c4)c([2H])c3[2H])c([2H])c2[2H])c([2H])c1[2H]. The third kappa shape index (κ3) is 5.42. The maximum absolute atomic E-state index is 9.66. The molecule has 11 aromatic rings. The first-order valence-electron chi connectivity index (χ1n) is 24.6. The van der Waals surface area contributed by atoms with Gasteiger partial charge in [0.15, 0.2) is 0 Å². The van der Waals surface area contributed by atoms with Crippen molar-refractivity contribution in [2.24, 2.45) is 0 Å². The number of anilines is 3. The van der Waals surface area contributed by atoms with Crippen LogP contribution in [0.1, 0.15) is 17.8 Å². The lowest BCUT2D eigenvalue weighted by molar-refractivity contribution is 0.673. The Morgan fingerprint density at radius 3 is 1.77 bits per heavy atom. The molecule has 56 heavy (non-hydrogen) atoms. The van der Waals surface area contributed by atoms with Gasteiger partial charge in [-0.15, -0.1) is 0 Å². The van der Waals surface area contributed by atoms with Gasteiger partial charge < -0.3 is 9.32 Å². The Morgan fingerprint density at radius 2 is 0.982 bits per heavy atom. The first-order chi connectivity index (χ1) is 33.2. The minimum atomic E-state index is -0.747. The molecule has 0 fully saturated rings. The lowest BCUT2D eigenvalue weighted by Gasteiger charge is -2.26. The lowest BCUT2D eigenvalue weighted by Crippen LogP contribution is -2.10. The Bertz CT molecular complexity index is 3950. The van der Waals surface area contributed by atoms with Gasteiger partial charge in [0, 0.05) is 33.2 Å². The van der Waals surface area contributed by atoms with Crippen molar-refractivity contribution in [1.82, 2.24) is 0 Å². The minimum absolute atomic E-state index is 0.0136. The number of benzene rings is 10. The van der Waals surface area contributed by atoms with E-state index in [0.29, 0.717) is 22.3 Å². The Morgan fingerprint density at radius 1 is 0.375 bits per heavy atom. The zero-order valence-electron chi connectivity index (χ0n) is 42.6. The van der Waals surface area contributed by atoms with Gasteiger partial charge in [0.1, 0.15) is 11.2 Å². The highest BCUT2D eigenvalue weighted by molar-refractivity contribution is 6.19. The summed E-state index contributed by atoms with van der Waals surface area (Å²) in [6.07, 6.45) is 0. The fourth-order valence-corrected chi connectivity index (χ4v) is 7.63. The zero-order valence-corrected chi connectivity index (χ0v) is 29.6. The van der Waals surface area contributed by atoms with Crippen LogP contribution < -0.4 is 4.90 Å². The summed E-state index contributed by atoms with van der Waals surface area (Å²) in [5, 5.41) is 7.39. The van der Waals surface area contributed by atoms with Crippen LogP contribution in [0.5, 0.6) is 0 Å². The summed E-state index contributed by atoms with van der Waals surface area (Å²) < 4.78 is 125. The second-order valence-corrected chi connectivity index (χ2v) is 13.5. The molecule has 10 aromatic carbocycles. The lowest BCUT2D eigenvalue weighted by atomic mass is 9.97. The van der Waals surface area contributed by atoms with E-state index in [4.69, 9.17) is 11.3 Å². The summed E-state index contributed by atoms with van der Waals surface area (Å²) in [7, 11) is 0. The van der Waals surface area contributed by atoms with E-state index in [2.05, 4.69) is 0 Å². The van der Waals surface area contributed by atoms with Gasteiger partial charge in [0.25, 0.3) is 0 Å². The van der Waals surface area contributed by atoms with E-state index in [-0.39, 0.29) is 16.9 Å². The maximum Gasteiger partial charge on any atom is 0.143 e. The van der Waals surface area contributed by atoms with E-state index in [1.54, 1.807) is 24.3 Å². The van der Waals surface area contributed by atoms with Crippen molar-refractivity contribution in [2.45, 2.75) is 0 Å². The molecule has 0 aliphatic carbocycles. The van der Waals surface area contributed by atoms with Crippen molar-refractivity contribution >= 4 is 71.3 Å². The van der Waals surface area contributed by atoms with Crippen LogP contribution in [0.2, 0.25) is 0 Å². The topological polar surface area (TPSA) is 16.4 Å². The molecule has 2 heteroatoms. The van der Waals surface area contributed by atoms with Crippen LogP contribution in [-0.2, 0) is 0 Å². The summed E-state index contributed by atoms with van der Waals surface area (Å²) in [5.74, 6) is 0. The van der Waals surface area contributed by atoms with Crippen molar-refractivity contribution in [2.75, 3.05) is 4.90 Å². The molecule has 0 aliphatic heterocycles. The molecule has 2 nitrogen and oxygen atoms in total. The van der Waals surface area contributed by atoms with Crippen LogP contribution >= 0.6 is 0 Å². The van der Waals surface area contributed by atoms with E-state index < -0.39 is 95.4 Å². The molecule has 0 amide bonds. The Labute approximate surface area is 343 Å². The molecule has 0 saturated heterocycles. The summed E-state index contributed by atoms with van der Waals surface area (Å²) >= 11 is 0. The van der Waals surface area contributed by atoms with E-state index in [9.17, 15) is 11.0 Å². The minimum Gasteiger partial charge on any atom is -0.455 e. The van der Waals surface area contributed by atoms with Gasteiger partial charge in [-0.1, -0.05) is 158 Å². The van der Waals surface area contributed by atoms with Crippen molar-refractivity contribution in [3.8, 4) is 33.4 Å². The third-order valence-corrected chi connectivity index (χ3v) is 10.3. The molecule has 0 saturated carbocycles. The predicted molar refractivity (Wildman–Crippen MR) is 237 cm³/mol. The van der Waals surface area contributed by atoms with Crippen molar-refractivity contribution in [3.63, 3.8) is 0 Å². The molecule has 0 unspecified atom stereocenters. The Hall–Kier alpha value is -7.42. The van der Waals surface area contributed by atoms with Gasteiger partial charge in [-0.05, 0) is 115 Å². The summed E-state index contributed by atoms with van der Waals surface area (Å²) in [6.45, 7) is 0. The average Bonchev–Trinajstić information content (AvgIpc) is 3.76. The molecule has 0 N–H and O–H groups in total. The zero-order chi connectivity index (χ0) is 48.3. The van der Waals surface area contributed by atoms with Gasteiger partial charge in [0.05, 0.1) is 17.8 Å². The van der Waals surface area contributed by atoms with Crippen LogP contribution in [0.15, 0.2) is 216 Å². The van der Waals surface area contributed by atoms with Gasteiger partial charge in [-0.2, -0.15) is 0 Å². The van der Waals surface area contributed by atoms with Crippen molar-refractivity contribution in [1.29, 1.82) is 0 Å². The van der Waals surface area contributed by atoms with Crippen LogP contribution in [0.3, 0.4) is 0 Å². The number of rotatable bonds is 6. The monoisotopic (exact) mass is 726 g/mol. The number of fused-ring (bicyclic) bond motifs is 8. The predicted octanol–water partition coefficient (Wildman–Crippen LogP) is 15.5. The van der Waals surface area contributed by atoms with E-state index in [1.807, 2.05) is 109 Å². The quantitative estimate of drug-likeness (QED) is 0.159. The normalized spacial score (nSPS) is 14.8. The van der Waals surface area contributed by atoms with Crippen LogP contribution in [-0.4, -0.2) is 0 Å². The molecule has 0 aliphatic rings. The van der Waals surface area contributed by atoms with Crippen molar-refractivity contribution < 1.29 is 22.2 Å². The molecule has 0 bridgehead atoms. The molecule has 0 radical (unpaired) electrons. The fraction of sp³-hybridized carbons (Fsp3) is 0. The molecular weight excluding hydrogens is 679 g/mol. The van der Waals surface area contributed by atoms with Gasteiger partial charge in [0.2, 0.25) is 0 Å². The van der Waals surface area contributed by atoms with Crippen LogP contribution in [0.4, 0.5) is 17.1 Å². The third-order valence-electron chi connectivity index (χ3n) is 10.3. The highest BCUT2D eigenvalue weighted by Gasteiger charge is 2.18. The first kappa shape index (κ1) is 21.5. The molecule has 262 valence electrons. The van der Waals surface area contributed by atoms with E-state index >= 15 is 0 Å². The molecule has 1 aromatic heterocycles. The standard InChI is InChI=1S/C54H35NO/c1-2-10-36(11-3-1)37-22-28-44(29-23-37)55(45-30-24-38(25-31-45)41-27-32-48-43(34-41)21-20-39-12-4-6-16-47(39)48)46-15-8-14-42(35-46)49-18-9-19-52-53(49)51-33-26-40-13-5-7-17-50(40)54(51)56-52/h1-35H/i1D,2D,3D,10D,11D,22D,23D,24D,25D,28D,29D,30D,31D. The highest BCUT2D eigenvalue weighted by Crippen LogP contribution is 2.43. The first-order valence-corrected chi connectivity index (χ1v) is 18.1. The summed E-state index contributed by atoms with van der Waals surface area (Å²) in [5.41, 5.74) is 1.36. The Kier molecular flexibility index (Phi) is 5.04. The number of nitrogens with zero attached hydrogens (tertiary/aromatic N) is 1. The maximum atomic E-state index is 9.66. The summed E-state index contributed by atoms with van der Waals surface area (Å²) in [6, 6.07) is 33.3. The van der Waals surface area contributed by atoms with Crippen LogP contribution in [0, 0.1) is 0 Å². The number of hydrogen-bond donors (Lipinski definition) is 0. The largest absolute Gasteiger partial charge is 0.455 e. The average molecular weight is 727 g/mol. The number of hydrogen-bond acceptors (Lipinski definition) is 2. The van der Waals surface area contributed by atoms with E-state index in [1.165, 1.54) is 4.90 Å². The van der Waals surface area contributed by atoms with Crippen molar-refractivity contribution in [3.05, 3.63) is 212 Å². The molecule has 0 atom stereocenters. The highest BCUT2D eigenvalue weighted by atomic mass is 16.3. The smallest absolute Gasteiger partial charge is 0.143 e. The molecular formula is C54H35NO. The van der Waals surface area contributed by atoms with Gasteiger partial charge in [-0.3, -0.25) is 0 Å². The molecule has 11 rings (SSSR count). The molecule has 1 heterocycles. The summed E-state index contributed by atoms with van der Waals surface area (Å²) in [4.78, 5) is 1.19. The number of furan rings is 1.